The number of rotatable bonds is 6. The molecule has 1 aliphatic carbocycles. The second-order valence-electron chi connectivity index (χ2n) is 9.42. The van der Waals surface area contributed by atoms with Gasteiger partial charge in [-0.2, -0.15) is 0 Å². The fourth-order valence-electron chi connectivity index (χ4n) is 4.49. The van der Waals surface area contributed by atoms with Crippen LogP contribution < -0.4 is 10.1 Å². The summed E-state index contributed by atoms with van der Waals surface area (Å²) in [6.07, 6.45) is 5.12. The van der Waals surface area contributed by atoms with Gasteiger partial charge in [0.1, 0.15) is 11.9 Å². The van der Waals surface area contributed by atoms with Crippen molar-refractivity contribution in [3.05, 3.63) is 23.8 Å². The summed E-state index contributed by atoms with van der Waals surface area (Å²) in [6, 6.07) is 5.01. The quantitative estimate of drug-likeness (QED) is 0.724. The number of anilines is 1. The molecule has 0 saturated heterocycles. The number of nitrogens with one attached hydrogen (secondary N) is 1. The van der Waals surface area contributed by atoms with Crippen LogP contribution in [0.15, 0.2) is 18.2 Å². The molecule has 0 unspecified atom stereocenters. The first-order valence-corrected chi connectivity index (χ1v) is 11.5. The van der Waals surface area contributed by atoms with Crippen LogP contribution in [0, 0.1) is 11.8 Å². The van der Waals surface area contributed by atoms with Crippen molar-refractivity contribution in [2.45, 2.75) is 58.1 Å². The van der Waals surface area contributed by atoms with Crippen LogP contribution in [0.2, 0.25) is 0 Å². The van der Waals surface area contributed by atoms with E-state index in [1.165, 1.54) is 6.42 Å². The van der Waals surface area contributed by atoms with Crippen molar-refractivity contribution in [1.29, 1.82) is 0 Å². The molecule has 0 spiro atoms. The number of carbonyl (C=O) groups excluding carboxylic acids is 2. The molecule has 172 valence electrons. The van der Waals surface area contributed by atoms with Gasteiger partial charge in [-0.3, -0.25) is 9.59 Å². The Hall–Kier alpha value is -2.12. The van der Waals surface area contributed by atoms with Gasteiger partial charge in [-0.1, -0.05) is 26.2 Å². The molecule has 1 fully saturated rings. The Kier molecular flexibility index (Phi) is 7.94. The van der Waals surface area contributed by atoms with Crippen molar-refractivity contribution < 1.29 is 19.4 Å². The molecule has 1 aromatic rings. The van der Waals surface area contributed by atoms with Crippen molar-refractivity contribution in [1.82, 2.24) is 9.80 Å². The first-order valence-electron chi connectivity index (χ1n) is 11.5. The molecular formula is C24H37N3O4. The van der Waals surface area contributed by atoms with Crippen molar-refractivity contribution in [3.63, 3.8) is 0 Å². The van der Waals surface area contributed by atoms with Gasteiger partial charge in [-0.25, -0.2) is 0 Å². The molecule has 7 heteroatoms. The molecule has 0 aromatic heterocycles. The lowest BCUT2D eigenvalue weighted by molar-refractivity contribution is -0.120. The number of amides is 2. The molecule has 3 atom stereocenters. The summed E-state index contributed by atoms with van der Waals surface area (Å²) in [7, 11) is 4.00. The van der Waals surface area contributed by atoms with Gasteiger partial charge in [0, 0.05) is 30.6 Å². The Morgan fingerprint density at radius 2 is 2.00 bits per heavy atom. The summed E-state index contributed by atoms with van der Waals surface area (Å²) < 4.78 is 6.30. The third-order valence-electron chi connectivity index (χ3n) is 6.45. The number of likely N-dealkylation sites (N-methyl/N-ethyl adjacent to an activating group) is 1. The van der Waals surface area contributed by atoms with Crippen LogP contribution in [0.4, 0.5) is 5.69 Å². The SMILES string of the molecule is C[C@@H]1CN([C@H](C)CO)C(=O)c2cc(NC(=O)C3CCCCC3)ccc2O[C@H]1CN(C)C. The number of fused-ring (bicyclic) bond motifs is 1. The van der Waals surface area contributed by atoms with Crippen LogP contribution in [0.5, 0.6) is 5.75 Å². The zero-order valence-corrected chi connectivity index (χ0v) is 19.3. The monoisotopic (exact) mass is 431 g/mol. The predicted octanol–water partition coefficient (Wildman–Crippen LogP) is 2.99. The zero-order chi connectivity index (χ0) is 22.5. The topological polar surface area (TPSA) is 82.1 Å². The zero-order valence-electron chi connectivity index (χ0n) is 19.3. The standard InChI is InChI=1S/C24H37N3O4/c1-16-13-27(17(2)15-28)24(30)20-12-19(25-23(29)18-8-6-5-7-9-18)10-11-21(20)31-22(16)14-26(3)4/h10-12,16-18,22,28H,5-9,13-15H2,1-4H3,(H,25,29)/t16-,17-,22+/m1/s1. The summed E-state index contributed by atoms with van der Waals surface area (Å²) in [5, 5.41) is 12.7. The van der Waals surface area contributed by atoms with Crippen LogP contribution in [-0.2, 0) is 4.79 Å². The fourth-order valence-corrected chi connectivity index (χ4v) is 4.49. The predicted molar refractivity (Wildman–Crippen MR) is 121 cm³/mol. The van der Waals surface area contributed by atoms with Gasteiger partial charge in [-0.15, -0.1) is 0 Å². The number of hydrogen-bond acceptors (Lipinski definition) is 5. The van der Waals surface area contributed by atoms with E-state index < -0.39 is 0 Å². The number of aliphatic hydroxyl groups excluding tert-OH is 1. The molecule has 7 nitrogen and oxygen atoms in total. The van der Waals surface area contributed by atoms with Crippen LogP contribution in [0.3, 0.4) is 0 Å². The van der Waals surface area contributed by atoms with E-state index in [1.807, 2.05) is 27.1 Å². The second kappa shape index (κ2) is 10.5. The number of ether oxygens (including phenoxy) is 1. The lowest BCUT2D eigenvalue weighted by Gasteiger charge is -2.37. The Morgan fingerprint density at radius 3 is 2.65 bits per heavy atom. The van der Waals surface area contributed by atoms with Crippen molar-refractivity contribution in [2.75, 3.05) is 39.1 Å². The summed E-state index contributed by atoms with van der Waals surface area (Å²) in [4.78, 5) is 29.9. The maximum absolute atomic E-state index is 13.4. The summed E-state index contributed by atoms with van der Waals surface area (Å²) >= 11 is 0. The molecule has 1 aromatic carbocycles. The Bertz CT molecular complexity index is 776. The van der Waals surface area contributed by atoms with Crippen LogP contribution in [-0.4, -0.2) is 72.7 Å². The minimum atomic E-state index is -0.304. The lowest BCUT2D eigenvalue weighted by atomic mass is 9.88. The molecule has 31 heavy (non-hydrogen) atoms. The fraction of sp³-hybridized carbons (Fsp3) is 0.667. The van der Waals surface area contributed by atoms with Gasteiger partial charge in [0.25, 0.3) is 5.91 Å². The summed E-state index contributed by atoms with van der Waals surface area (Å²) in [5.74, 6) is 0.506. The highest BCUT2D eigenvalue weighted by atomic mass is 16.5. The number of aliphatic hydroxyl groups is 1. The van der Waals surface area contributed by atoms with Crippen molar-refractivity contribution in [3.8, 4) is 5.75 Å². The number of carbonyl (C=O) groups is 2. The normalized spacial score (nSPS) is 23.5. The summed E-state index contributed by atoms with van der Waals surface area (Å²) in [6.45, 7) is 5.03. The smallest absolute Gasteiger partial charge is 0.258 e. The van der Waals surface area contributed by atoms with Gasteiger partial charge in [-0.05, 0) is 52.1 Å². The molecule has 0 radical (unpaired) electrons. The van der Waals surface area contributed by atoms with E-state index in [9.17, 15) is 14.7 Å². The highest BCUT2D eigenvalue weighted by Crippen LogP contribution is 2.31. The second-order valence-corrected chi connectivity index (χ2v) is 9.42. The lowest BCUT2D eigenvalue weighted by Crippen LogP contribution is -2.49. The molecular weight excluding hydrogens is 394 g/mol. The van der Waals surface area contributed by atoms with E-state index in [2.05, 4.69) is 17.1 Å². The highest BCUT2D eigenvalue weighted by Gasteiger charge is 2.33. The molecule has 0 bridgehead atoms. The Morgan fingerprint density at radius 1 is 1.29 bits per heavy atom. The molecule has 2 N–H and O–H groups in total. The summed E-state index contributed by atoms with van der Waals surface area (Å²) in [5.41, 5.74) is 1.04. The minimum Gasteiger partial charge on any atom is -0.488 e. The minimum absolute atomic E-state index is 0.0264. The van der Waals surface area contributed by atoms with Crippen molar-refractivity contribution in [2.24, 2.45) is 11.8 Å². The first-order chi connectivity index (χ1) is 14.8. The van der Waals surface area contributed by atoms with Gasteiger partial charge in [0.05, 0.1) is 18.2 Å². The molecule has 1 saturated carbocycles. The van der Waals surface area contributed by atoms with Crippen LogP contribution >= 0.6 is 0 Å². The van der Waals surface area contributed by atoms with Gasteiger partial charge in [0.15, 0.2) is 0 Å². The number of nitrogens with zero attached hydrogens (tertiary/aromatic N) is 2. The largest absolute Gasteiger partial charge is 0.488 e. The maximum Gasteiger partial charge on any atom is 0.258 e. The van der Waals surface area contributed by atoms with Gasteiger partial charge in [0.2, 0.25) is 5.91 Å². The third kappa shape index (κ3) is 5.77. The van der Waals surface area contributed by atoms with E-state index in [0.717, 1.165) is 32.2 Å². The van der Waals surface area contributed by atoms with Gasteiger partial charge < -0.3 is 25.0 Å². The van der Waals surface area contributed by atoms with Crippen molar-refractivity contribution >= 4 is 17.5 Å². The molecule has 1 heterocycles. The van der Waals surface area contributed by atoms with E-state index in [-0.39, 0.29) is 42.4 Å². The highest BCUT2D eigenvalue weighted by molar-refractivity contribution is 6.00. The van der Waals surface area contributed by atoms with E-state index >= 15 is 0 Å². The number of benzene rings is 1. The Balaban J connectivity index is 1.90. The van der Waals surface area contributed by atoms with E-state index in [4.69, 9.17) is 4.74 Å². The van der Waals surface area contributed by atoms with Crippen LogP contribution in [0.1, 0.15) is 56.3 Å². The van der Waals surface area contributed by atoms with E-state index in [0.29, 0.717) is 23.5 Å². The molecule has 1 aliphatic heterocycles. The molecule has 3 rings (SSSR count). The first kappa shape index (κ1) is 23.5. The van der Waals surface area contributed by atoms with E-state index in [1.54, 1.807) is 17.0 Å². The average molecular weight is 432 g/mol. The Labute approximate surface area is 185 Å². The number of hydrogen-bond donors (Lipinski definition) is 2. The molecule has 2 amide bonds. The average Bonchev–Trinajstić information content (AvgIpc) is 2.76. The van der Waals surface area contributed by atoms with Crippen LogP contribution in [0.25, 0.3) is 0 Å². The molecule has 2 aliphatic rings. The third-order valence-corrected chi connectivity index (χ3v) is 6.45. The van der Waals surface area contributed by atoms with Gasteiger partial charge >= 0.3 is 0 Å². The maximum atomic E-state index is 13.4.